The van der Waals surface area contributed by atoms with Gasteiger partial charge in [0.2, 0.25) is 0 Å². The average Bonchev–Trinajstić information content (AvgIpc) is 2.50. The zero-order valence-electron chi connectivity index (χ0n) is 13.8. The molecular weight excluding hydrogens is 298 g/mol. The van der Waals surface area contributed by atoms with E-state index < -0.39 is 6.10 Å². The minimum atomic E-state index is -0.492. The van der Waals surface area contributed by atoms with Crippen LogP contribution in [0.5, 0.6) is 0 Å². The third-order valence-electron chi connectivity index (χ3n) is 4.06. The third-order valence-corrected chi connectivity index (χ3v) is 4.42. The normalized spacial score (nSPS) is 28.6. The molecule has 4 heteroatoms. The van der Waals surface area contributed by atoms with E-state index in [1.54, 1.807) is 13.1 Å². The van der Waals surface area contributed by atoms with Crippen LogP contribution >= 0.6 is 11.6 Å². The van der Waals surface area contributed by atoms with Gasteiger partial charge in [0.05, 0.1) is 6.10 Å². The number of hydrogen-bond donors (Lipinski definition) is 3. The van der Waals surface area contributed by atoms with Gasteiger partial charge >= 0.3 is 0 Å². The van der Waals surface area contributed by atoms with Crippen molar-refractivity contribution in [1.82, 2.24) is 5.32 Å². The monoisotopic (exact) mass is 325 g/mol. The Morgan fingerprint density at radius 1 is 1.32 bits per heavy atom. The van der Waals surface area contributed by atoms with Gasteiger partial charge in [-0.3, -0.25) is 0 Å². The Bertz CT molecular complexity index is 475. The first-order valence-corrected chi connectivity index (χ1v) is 8.36. The number of nitrogens with one attached hydrogen (secondary N) is 1. The summed E-state index contributed by atoms with van der Waals surface area (Å²) in [6, 6.07) is 0. The van der Waals surface area contributed by atoms with Crippen molar-refractivity contribution in [3.05, 3.63) is 46.3 Å². The second-order valence-corrected chi connectivity index (χ2v) is 6.21. The Balaban J connectivity index is 3.22. The van der Waals surface area contributed by atoms with E-state index in [1.807, 2.05) is 12.3 Å². The van der Waals surface area contributed by atoms with Crippen molar-refractivity contribution in [3.63, 3.8) is 0 Å². The lowest BCUT2D eigenvalue weighted by atomic mass is 9.88. The molecule has 0 aromatic heterocycles. The summed E-state index contributed by atoms with van der Waals surface area (Å²) in [5, 5.41) is 22.8. The summed E-state index contributed by atoms with van der Waals surface area (Å²) in [6.07, 6.45) is 10.3. The molecule has 124 valence electrons. The van der Waals surface area contributed by atoms with E-state index in [0.717, 1.165) is 30.4 Å². The largest absolute Gasteiger partial charge is 0.396 e. The maximum Gasteiger partial charge on any atom is 0.0742 e. The molecular formula is C18H28ClNO2. The van der Waals surface area contributed by atoms with Crippen LogP contribution in [0.2, 0.25) is 0 Å². The van der Waals surface area contributed by atoms with Crippen LogP contribution < -0.4 is 5.32 Å². The molecule has 3 N–H and O–H groups in total. The topological polar surface area (TPSA) is 52.5 Å². The highest BCUT2D eigenvalue weighted by Gasteiger charge is 2.14. The van der Waals surface area contributed by atoms with Crippen LogP contribution in [0.1, 0.15) is 46.5 Å². The van der Waals surface area contributed by atoms with Crippen LogP contribution in [0.15, 0.2) is 46.3 Å². The minimum absolute atomic E-state index is 0.154. The van der Waals surface area contributed by atoms with Crippen molar-refractivity contribution in [3.8, 4) is 0 Å². The Hall–Kier alpha value is -1.03. The van der Waals surface area contributed by atoms with Gasteiger partial charge in [0.15, 0.2) is 0 Å². The lowest BCUT2D eigenvalue weighted by Crippen LogP contribution is -2.12. The molecule has 2 atom stereocenters. The summed E-state index contributed by atoms with van der Waals surface area (Å²) >= 11 is 6.39. The van der Waals surface area contributed by atoms with Gasteiger partial charge in [0.1, 0.15) is 0 Å². The lowest BCUT2D eigenvalue weighted by Gasteiger charge is -2.20. The maximum atomic E-state index is 9.96. The van der Waals surface area contributed by atoms with Crippen molar-refractivity contribution >= 4 is 11.6 Å². The molecule has 0 fully saturated rings. The first kappa shape index (κ1) is 19.0. The van der Waals surface area contributed by atoms with E-state index in [2.05, 4.69) is 25.2 Å². The van der Waals surface area contributed by atoms with Crippen molar-refractivity contribution in [1.29, 1.82) is 0 Å². The molecule has 0 bridgehead atoms. The van der Waals surface area contributed by atoms with Crippen molar-refractivity contribution < 1.29 is 10.2 Å². The van der Waals surface area contributed by atoms with E-state index in [0.29, 0.717) is 17.4 Å². The quantitative estimate of drug-likeness (QED) is 0.692. The zero-order valence-corrected chi connectivity index (χ0v) is 14.5. The van der Waals surface area contributed by atoms with Crippen LogP contribution in [0.3, 0.4) is 0 Å². The summed E-state index contributed by atoms with van der Waals surface area (Å²) in [7, 11) is 0. The van der Waals surface area contributed by atoms with Gasteiger partial charge in [0.25, 0.3) is 0 Å². The second kappa shape index (κ2) is 9.88. The number of hydrogen-bond acceptors (Lipinski definition) is 3. The zero-order chi connectivity index (χ0) is 16.5. The van der Waals surface area contributed by atoms with Crippen LogP contribution in [-0.4, -0.2) is 22.9 Å². The fourth-order valence-electron chi connectivity index (χ4n) is 2.32. The fourth-order valence-corrected chi connectivity index (χ4v) is 2.53. The molecule has 0 aromatic carbocycles. The van der Waals surface area contributed by atoms with Gasteiger partial charge in [-0.25, -0.2) is 0 Å². The minimum Gasteiger partial charge on any atom is -0.396 e. The third kappa shape index (κ3) is 5.99. The SMILES string of the molecule is CCC(C)\C1=C/C(CCCO)=C(Cl)\C=C\N/C=C(/C(C)O)C1. The van der Waals surface area contributed by atoms with Crippen LogP contribution in [-0.2, 0) is 0 Å². The first-order valence-electron chi connectivity index (χ1n) is 7.99. The van der Waals surface area contributed by atoms with Crippen molar-refractivity contribution in [2.45, 2.75) is 52.6 Å². The Kier molecular flexibility index (Phi) is 8.54. The van der Waals surface area contributed by atoms with Gasteiger partial charge in [-0.1, -0.05) is 37.1 Å². The van der Waals surface area contributed by atoms with E-state index in [9.17, 15) is 5.11 Å². The molecule has 2 unspecified atom stereocenters. The average molecular weight is 326 g/mol. The molecule has 0 spiro atoms. The van der Waals surface area contributed by atoms with E-state index in [-0.39, 0.29) is 6.61 Å². The highest BCUT2D eigenvalue weighted by molar-refractivity contribution is 6.31. The van der Waals surface area contributed by atoms with Gasteiger partial charge in [-0.05, 0) is 55.7 Å². The molecule has 3 nitrogen and oxygen atoms in total. The molecule has 0 aromatic rings. The smallest absolute Gasteiger partial charge is 0.0742 e. The van der Waals surface area contributed by atoms with Crippen LogP contribution in [0.25, 0.3) is 0 Å². The number of halogens is 1. The van der Waals surface area contributed by atoms with Crippen LogP contribution in [0.4, 0.5) is 0 Å². The summed E-state index contributed by atoms with van der Waals surface area (Å²) in [6.45, 7) is 6.29. The molecule has 1 heterocycles. The Morgan fingerprint density at radius 3 is 2.64 bits per heavy atom. The fraction of sp³-hybridized carbons (Fsp3) is 0.556. The molecule has 0 saturated carbocycles. The predicted octanol–water partition coefficient (Wildman–Crippen LogP) is 4.00. The Labute approximate surface area is 139 Å². The second-order valence-electron chi connectivity index (χ2n) is 5.80. The van der Waals surface area contributed by atoms with Gasteiger partial charge in [-0.15, -0.1) is 0 Å². The maximum absolute atomic E-state index is 9.96. The van der Waals surface area contributed by atoms with E-state index in [4.69, 9.17) is 16.7 Å². The highest BCUT2D eigenvalue weighted by atomic mass is 35.5. The molecule has 22 heavy (non-hydrogen) atoms. The summed E-state index contributed by atoms with van der Waals surface area (Å²) in [5.74, 6) is 0.416. The highest BCUT2D eigenvalue weighted by Crippen LogP contribution is 2.28. The molecule has 0 aliphatic carbocycles. The van der Waals surface area contributed by atoms with Crippen molar-refractivity contribution in [2.24, 2.45) is 5.92 Å². The van der Waals surface area contributed by atoms with Gasteiger partial charge in [-0.2, -0.15) is 0 Å². The number of rotatable bonds is 6. The van der Waals surface area contributed by atoms with Gasteiger partial charge in [0, 0.05) is 24.0 Å². The number of allylic oxidation sites excluding steroid dienone is 5. The summed E-state index contributed by atoms with van der Waals surface area (Å²) < 4.78 is 0. The van der Waals surface area contributed by atoms with E-state index >= 15 is 0 Å². The first-order chi connectivity index (χ1) is 10.5. The van der Waals surface area contributed by atoms with Gasteiger partial charge < -0.3 is 15.5 Å². The number of aliphatic hydroxyl groups is 2. The predicted molar refractivity (Wildman–Crippen MR) is 93.4 cm³/mol. The standard InChI is InChI=1S/C18H28ClNO2/c1-4-13(2)16-10-15(6-5-9-21)18(19)7-8-20-12-17(11-16)14(3)22/h7-8,10,12-14,20-22H,4-6,9,11H2,1-3H3/b8-7+,16-10-,17-12+,18-15+. The van der Waals surface area contributed by atoms with Crippen LogP contribution in [0, 0.1) is 5.92 Å². The van der Waals surface area contributed by atoms with E-state index in [1.165, 1.54) is 5.57 Å². The molecule has 1 aliphatic heterocycles. The molecule has 1 aliphatic rings. The molecule has 0 amide bonds. The summed E-state index contributed by atoms with van der Waals surface area (Å²) in [4.78, 5) is 0. The number of aliphatic hydroxyl groups excluding tert-OH is 2. The Morgan fingerprint density at radius 2 is 2.05 bits per heavy atom. The van der Waals surface area contributed by atoms with Crippen molar-refractivity contribution in [2.75, 3.05) is 6.61 Å². The molecule has 0 radical (unpaired) electrons. The molecule has 0 saturated heterocycles. The molecule has 1 rings (SSSR count). The summed E-state index contributed by atoms with van der Waals surface area (Å²) in [5.41, 5.74) is 3.25. The lowest BCUT2D eigenvalue weighted by molar-refractivity contribution is 0.227.